The molecule has 9 heteroatoms. The highest BCUT2D eigenvalue weighted by atomic mass is 35.5. The molecule has 1 fully saturated rings. The fourth-order valence-corrected chi connectivity index (χ4v) is 3.64. The van der Waals surface area contributed by atoms with Crippen molar-refractivity contribution in [3.63, 3.8) is 0 Å². The lowest BCUT2D eigenvalue weighted by Gasteiger charge is -2.35. The molecule has 1 aromatic carbocycles. The predicted molar refractivity (Wildman–Crippen MR) is 116 cm³/mol. The number of rotatable bonds is 6. The Hall–Kier alpha value is -2.09. The van der Waals surface area contributed by atoms with Crippen LogP contribution in [0.4, 0.5) is 5.95 Å². The molecule has 2 heterocycles. The summed E-state index contributed by atoms with van der Waals surface area (Å²) in [4.78, 5) is 35.7. The Morgan fingerprint density at radius 1 is 1.21 bits per heavy atom. The van der Waals surface area contributed by atoms with Crippen LogP contribution in [0.1, 0.15) is 29.8 Å². The number of hydrogen-bond donors (Lipinski definition) is 2. The lowest BCUT2D eigenvalue weighted by Crippen LogP contribution is -2.47. The van der Waals surface area contributed by atoms with Gasteiger partial charge < -0.3 is 10.2 Å². The first kappa shape index (κ1) is 21.6. The Balaban J connectivity index is 1.60. The standard InChI is InChI=1S/C20H25Cl2N5O2/c1-13(2)10-23-18(28)14-11-24-20(25-19(14)29)27-8-6-26(7-9-27)12-15-16(21)4-3-5-17(15)22/h3-5,11,13H,6-10,12H2,1-2H3,(H,23,28)(H,24,25,29). The maximum atomic E-state index is 12.3. The van der Waals surface area contributed by atoms with Crippen molar-refractivity contribution in [2.75, 3.05) is 37.6 Å². The Morgan fingerprint density at radius 2 is 1.86 bits per heavy atom. The molecular formula is C20H25Cl2N5O2. The number of amides is 1. The average molecular weight is 438 g/mol. The van der Waals surface area contributed by atoms with Crippen LogP contribution in [0, 0.1) is 5.92 Å². The summed E-state index contributed by atoms with van der Waals surface area (Å²) in [6.07, 6.45) is 1.35. The normalized spacial score (nSPS) is 15.0. The molecule has 2 aromatic rings. The summed E-state index contributed by atoms with van der Waals surface area (Å²) in [5.74, 6) is 0.383. The number of nitrogens with zero attached hydrogens (tertiary/aromatic N) is 3. The summed E-state index contributed by atoms with van der Waals surface area (Å²) in [6, 6.07) is 5.51. The summed E-state index contributed by atoms with van der Waals surface area (Å²) in [5.41, 5.74) is 0.524. The zero-order valence-corrected chi connectivity index (χ0v) is 18.1. The minimum atomic E-state index is -0.429. The van der Waals surface area contributed by atoms with Crippen molar-refractivity contribution < 1.29 is 4.79 Å². The van der Waals surface area contributed by atoms with Gasteiger partial charge in [-0.2, -0.15) is 0 Å². The van der Waals surface area contributed by atoms with Gasteiger partial charge in [-0.1, -0.05) is 43.1 Å². The number of anilines is 1. The van der Waals surface area contributed by atoms with Crippen LogP contribution in [0.3, 0.4) is 0 Å². The van der Waals surface area contributed by atoms with Crippen molar-refractivity contribution in [1.82, 2.24) is 20.2 Å². The second-order valence-electron chi connectivity index (χ2n) is 7.52. The highest BCUT2D eigenvalue weighted by Gasteiger charge is 2.21. The number of aromatic nitrogens is 2. The molecule has 0 spiro atoms. The van der Waals surface area contributed by atoms with E-state index >= 15 is 0 Å². The van der Waals surface area contributed by atoms with Gasteiger partial charge in [0.15, 0.2) is 0 Å². The largest absolute Gasteiger partial charge is 0.352 e. The van der Waals surface area contributed by atoms with Gasteiger partial charge in [0.05, 0.1) is 0 Å². The van der Waals surface area contributed by atoms with E-state index < -0.39 is 11.5 Å². The minimum Gasteiger partial charge on any atom is -0.352 e. The van der Waals surface area contributed by atoms with E-state index in [0.29, 0.717) is 48.1 Å². The van der Waals surface area contributed by atoms with E-state index in [9.17, 15) is 9.59 Å². The summed E-state index contributed by atoms with van der Waals surface area (Å²) in [6.45, 7) is 8.12. The first-order valence-corrected chi connectivity index (χ1v) is 10.4. The van der Waals surface area contributed by atoms with E-state index in [4.69, 9.17) is 23.2 Å². The molecule has 0 saturated carbocycles. The summed E-state index contributed by atoms with van der Waals surface area (Å²) in [5, 5.41) is 4.06. The van der Waals surface area contributed by atoms with Gasteiger partial charge in [-0.15, -0.1) is 0 Å². The molecular weight excluding hydrogens is 413 g/mol. The first-order valence-electron chi connectivity index (χ1n) is 9.63. The molecule has 3 rings (SSSR count). The van der Waals surface area contributed by atoms with E-state index in [1.165, 1.54) is 6.20 Å². The molecule has 1 amide bonds. The van der Waals surface area contributed by atoms with E-state index in [2.05, 4.69) is 20.2 Å². The van der Waals surface area contributed by atoms with Gasteiger partial charge in [0.25, 0.3) is 11.5 Å². The number of piperazine rings is 1. The molecule has 29 heavy (non-hydrogen) atoms. The number of benzene rings is 1. The molecule has 1 aromatic heterocycles. The molecule has 1 aliphatic heterocycles. The Morgan fingerprint density at radius 3 is 2.45 bits per heavy atom. The van der Waals surface area contributed by atoms with Gasteiger partial charge in [-0.3, -0.25) is 19.5 Å². The molecule has 0 unspecified atom stereocenters. The van der Waals surface area contributed by atoms with Crippen molar-refractivity contribution in [3.05, 3.63) is 55.9 Å². The van der Waals surface area contributed by atoms with Crippen molar-refractivity contribution >= 4 is 35.1 Å². The number of halogens is 2. The van der Waals surface area contributed by atoms with Gasteiger partial charge in [0.2, 0.25) is 5.95 Å². The summed E-state index contributed by atoms with van der Waals surface area (Å²) >= 11 is 12.5. The van der Waals surface area contributed by atoms with Gasteiger partial charge in [0, 0.05) is 61.1 Å². The zero-order valence-electron chi connectivity index (χ0n) is 16.5. The quantitative estimate of drug-likeness (QED) is 0.725. The number of hydrogen-bond acceptors (Lipinski definition) is 5. The van der Waals surface area contributed by atoms with E-state index in [1.807, 2.05) is 36.9 Å². The number of H-pyrrole nitrogens is 1. The Bertz CT molecular complexity index is 903. The Kier molecular flexibility index (Phi) is 7.16. The highest BCUT2D eigenvalue weighted by molar-refractivity contribution is 6.35. The maximum Gasteiger partial charge on any atom is 0.265 e. The number of nitrogens with one attached hydrogen (secondary N) is 2. The molecule has 156 valence electrons. The fraction of sp³-hybridized carbons (Fsp3) is 0.450. The van der Waals surface area contributed by atoms with Gasteiger partial charge in [0.1, 0.15) is 5.56 Å². The predicted octanol–water partition coefficient (Wildman–Crippen LogP) is 2.78. The third-order valence-electron chi connectivity index (χ3n) is 4.82. The molecule has 1 saturated heterocycles. The monoisotopic (exact) mass is 437 g/mol. The van der Waals surface area contributed by atoms with Crippen LogP contribution < -0.4 is 15.8 Å². The highest BCUT2D eigenvalue weighted by Crippen LogP contribution is 2.26. The van der Waals surface area contributed by atoms with Crippen LogP contribution in [0.2, 0.25) is 10.0 Å². The van der Waals surface area contributed by atoms with Crippen molar-refractivity contribution in [2.24, 2.45) is 5.92 Å². The van der Waals surface area contributed by atoms with E-state index in [0.717, 1.165) is 18.7 Å². The SMILES string of the molecule is CC(C)CNC(=O)c1cnc(N2CCN(Cc3c(Cl)cccc3Cl)CC2)[nH]c1=O. The Labute approximate surface area is 180 Å². The summed E-state index contributed by atoms with van der Waals surface area (Å²) < 4.78 is 0. The van der Waals surface area contributed by atoms with Crippen LogP contribution >= 0.6 is 23.2 Å². The smallest absolute Gasteiger partial charge is 0.265 e. The molecule has 0 bridgehead atoms. The number of carbonyl (C=O) groups is 1. The van der Waals surface area contributed by atoms with Crippen molar-refractivity contribution in [2.45, 2.75) is 20.4 Å². The van der Waals surface area contributed by atoms with E-state index in [-0.39, 0.29) is 5.56 Å². The van der Waals surface area contributed by atoms with E-state index in [1.54, 1.807) is 0 Å². The topological polar surface area (TPSA) is 81.3 Å². The molecule has 0 radical (unpaired) electrons. The lowest BCUT2D eigenvalue weighted by molar-refractivity contribution is 0.0947. The van der Waals surface area contributed by atoms with Gasteiger partial charge >= 0.3 is 0 Å². The molecule has 0 aliphatic carbocycles. The first-order chi connectivity index (χ1) is 13.8. The van der Waals surface area contributed by atoms with Crippen molar-refractivity contribution in [3.8, 4) is 0 Å². The molecule has 7 nitrogen and oxygen atoms in total. The van der Waals surface area contributed by atoms with Crippen LogP contribution in [-0.2, 0) is 6.54 Å². The van der Waals surface area contributed by atoms with Crippen LogP contribution in [0.15, 0.2) is 29.2 Å². The van der Waals surface area contributed by atoms with Crippen LogP contribution in [0.25, 0.3) is 0 Å². The minimum absolute atomic E-state index is 0.0291. The molecule has 0 atom stereocenters. The van der Waals surface area contributed by atoms with Crippen molar-refractivity contribution in [1.29, 1.82) is 0 Å². The second-order valence-corrected chi connectivity index (χ2v) is 8.33. The number of aromatic amines is 1. The zero-order chi connectivity index (χ0) is 21.0. The second kappa shape index (κ2) is 9.61. The fourth-order valence-electron chi connectivity index (χ4n) is 3.12. The lowest BCUT2D eigenvalue weighted by atomic mass is 10.2. The number of carbonyl (C=O) groups excluding carboxylic acids is 1. The molecule has 2 N–H and O–H groups in total. The third kappa shape index (κ3) is 5.50. The van der Waals surface area contributed by atoms with Crippen LogP contribution in [-0.4, -0.2) is 53.5 Å². The average Bonchev–Trinajstić information content (AvgIpc) is 2.69. The maximum absolute atomic E-state index is 12.3. The third-order valence-corrected chi connectivity index (χ3v) is 5.52. The van der Waals surface area contributed by atoms with Gasteiger partial charge in [-0.25, -0.2) is 4.98 Å². The summed E-state index contributed by atoms with van der Waals surface area (Å²) in [7, 11) is 0. The molecule has 1 aliphatic rings. The van der Waals surface area contributed by atoms with Crippen LogP contribution in [0.5, 0.6) is 0 Å². The van der Waals surface area contributed by atoms with Gasteiger partial charge in [-0.05, 0) is 18.1 Å².